The number of aromatic nitrogens is 1. The molecule has 0 aromatic heterocycles. The summed E-state index contributed by atoms with van der Waals surface area (Å²) in [6.07, 6.45) is -0.323. The largest absolute Gasteiger partial charge is 0.458 e. The summed E-state index contributed by atoms with van der Waals surface area (Å²) in [5.41, 5.74) is -3.56. The monoisotopic (exact) mass is 1470 g/mol. The van der Waals surface area contributed by atoms with E-state index in [0.717, 1.165) is 14.9 Å². The van der Waals surface area contributed by atoms with Crippen LogP contribution in [-0.4, -0.2) is 256 Å². The molecule has 8 rings (SSSR count). The number of ether oxygens (including phenoxy) is 2. The van der Waals surface area contributed by atoms with Crippen LogP contribution in [0.1, 0.15) is 174 Å². The van der Waals surface area contributed by atoms with Crippen molar-refractivity contribution >= 4 is 87.8 Å². The lowest BCUT2D eigenvalue weighted by atomic mass is 9.79. The van der Waals surface area contributed by atoms with E-state index < -0.39 is 190 Å². The van der Waals surface area contributed by atoms with E-state index in [-0.39, 0.29) is 77.9 Å². The molecule has 6 N–H and O–H groups in total. The summed E-state index contributed by atoms with van der Waals surface area (Å²) >= 11 is 0. The Balaban J connectivity index is 1.26. The maximum absolute atomic E-state index is 16.0. The van der Waals surface area contributed by atoms with Gasteiger partial charge < -0.3 is 75.2 Å². The first-order chi connectivity index (χ1) is 49.0. The Morgan fingerprint density at radius 3 is 1.50 bits per heavy atom. The lowest BCUT2D eigenvalue weighted by molar-refractivity contribution is -0.290. The number of rotatable bonds is 14. The summed E-state index contributed by atoms with van der Waals surface area (Å²) in [4.78, 5) is 204. The second-order valence-corrected chi connectivity index (χ2v) is 31.8. The first-order valence-electron chi connectivity index (χ1n) is 36.6. The third-order valence-corrected chi connectivity index (χ3v) is 21.2. The van der Waals surface area contributed by atoms with E-state index in [1.165, 1.54) is 80.7 Å². The van der Waals surface area contributed by atoms with E-state index in [2.05, 4.69) is 31.9 Å². The van der Waals surface area contributed by atoms with Crippen molar-refractivity contribution in [2.45, 2.75) is 233 Å². The molecule has 1 aromatic rings. The minimum atomic E-state index is -1.91. The zero-order valence-electron chi connectivity index (χ0n) is 64.5. The molecule has 1 aliphatic carbocycles. The number of anilines is 1. The average Bonchev–Trinajstić information content (AvgIpc) is 1.16. The minimum absolute atomic E-state index is 0.0287. The quantitative estimate of drug-likeness (QED) is 0.0767. The lowest BCUT2D eigenvalue weighted by Gasteiger charge is -2.50. The molecule has 5 fully saturated rings. The van der Waals surface area contributed by atoms with Gasteiger partial charge in [0, 0.05) is 70.5 Å². The van der Waals surface area contributed by atoms with Crippen LogP contribution >= 0.6 is 0 Å². The molecule has 5 saturated heterocycles. The number of piperidine rings is 1. The van der Waals surface area contributed by atoms with Crippen LogP contribution in [0.2, 0.25) is 0 Å². The highest BCUT2D eigenvalue weighted by Crippen LogP contribution is 2.39. The maximum atomic E-state index is 16.0. The molecule has 577 valence electrons. The number of carbonyl (C=O) groups excluding carboxylic acids is 12. The fourth-order valence-corrected chi connectivity index (χ4v) is 15.4. The number of amides is 10. The van der Waals surface area contributed by atoms with E-state index in [1.807, 2.05) is 27.7 Å². The van der Waals surface area contributed by atoms with Gasteiger partial charge in [-0.1, -0.05) is 61.5 Å². The number of benzene rings is 2. The number of carbonyl (C=O) groups is 12. The van der Waals surface area contributed by atoms with Gasteiger partial charge in [0.15, 0.2) is 11.3 Å². The average molecular weight is 1470 g/mol. The molecule has 10 atom stereocenters. The minimum Gasteiger partial charge on any atom is -0.458 e. The van der Waals surface area contributed by atoms with Crippen molar-refractivity contribution in [2.24, 2.45) is 23.7 Å². The Kier molecular flexibility index (Phi) is 25.6. The number of fused-ring (bicyclic) bond motifs is 4. The highest BCUT2D eigenvalue weighted by Gasteiger charge is 2.49. The Labute approximate surface area is 613 Å². The van der Waals surface area contributed by atoms with Crippen molar-refractivity contribution in [3.8, 4) is 11.5 Å². The standard InChI is InChI=1S/C74H109N14O17/c1-36(2)51-69(98)86-30-21-24-46(86)67(96)82(17)34-48(89)84(19)58(38(5)6)71(100)103-42(11)53(65(94)78-51)80-63(92)45-27-26-40(9)61-55(45)77-57-50(56(60(91)41(10)62(57)105-61)76-29-23-28-75-44-32-73(13,14)88(102)74(15,16)33-44)64(93)81-54-43(12)104-72(101)59(39(7)8)85(20)49(90)35-83(18)68(97)47-25-22-31-87(47)70(99)52(37(3)4)79-66(54)95/h26-27,36-39,42-44,46-47,51-54,58-59,75-76H,21-25,28-35H2,1-20H3,(H,78,94)(H,79,95)(H,80,92)(H,81,93)/t42-,43-,46+,47+,51-,52-,53+,54+,58+,59+/m1/s1. The van der Waals surface area contributed by atoms with Crippen LogP contribution in [0.4, 0.5) is 5.69 Å². The van der Waals surface area contributed by atoms with Crippen LogP contribution in [0.15, 0.2) is 21.3 Å². The molecule has 6 heterocycles. The predicted octanol–water partition coefficient (Wildman–Crippen LogP) is 2.90. The van der Waals surface area contributed by atoms with E-state index in [0.29, 0.717) is 44.2 Å². The van der Waals surface area contributed by atoms with Crippen LogP contribution in [0.25, 0.3) is 22.6 Å². The molecular weight excluding hydrogens is 1360 g/mol. The highest BCUT2D eigenvalue weighted by molar-refractivity contribution is 6.11. The molecule has 6 aliphatic heterocycles. The van der Waals surface area contributed by atoms with Crippen molar-refractivity contribution in [2.75, 3.05) is 72.8 Å². The molecule has 7 aliphatic rings. The molecule has 0 bridgehead atoms. The topological polar surface area (TPSA) is 381 Å². The summed E-state index contributed by atoms with van der Waals surface area (Å²) < 4.78 is 18.8. The number of hydroxylamine groups is 2. The van der Waals surface area contributed by atoms with Gasteiger partial charge in [0.2, 0.25) is 52.7 Å². The number of nitrogens with zero attached hydrogens (tertiary/aromatic N) is 8. The Morgan fingerprint density at radius 2 is 1.07 bits per heavy atom. The molecule has 1 radical (unpaired) electrons. The Morgan fingerprint density at radius 1 is 0.619 bits per heavy atom. The van der Waals surface area contributed by atoms with Crippen molar-refractivity contribution in [1.82, 2.24) is 66.0 Å². The van der Waals surface area contributed by atoms with Crippen LogP contribution in [-0.2, 0) is 62.6 Å². The predicted molar refractivity (Wildman–Crippen MR) is 386 cm³/mol. The van der Waals surface area contributed by atoms with Crippen LogP contribution in [0.3, 0.4) is 0 Å². The first kappa shape index (κ1) is 81.8. The molecule has 0 unspecified atom stereocenters. The second kappa shape index (κ2) is 32.9. The third kappa shape index (κ3) is 17.4. The Hall–Kier alpha value is -8.84. The zero-order valence-corrected chi connectivity index (χ0v) is 64.5. The van der Waals surface area contributed by atoms with Gasteiger partial charge in [0.25, 0.3) is 11.8 Å². The number of likely N-dealkylation sites (N-methyl/N-ethyl adjacent to an activating group) is 4. The molecular formula is C74H109N14O17. The lowest BCUT2D eigenvalue weighted by Crippen LogP contribution is -2.61. The second-order valence-electron chi connectivity index (χ2n) is 31.8. The fraction of sp³-hybridized carbons (Fsp3) is 0.676. The summed E-state index contributed by atoms with van der Waals surface area (Å²) in [6, 6.07) is -8.06. The van der Waals surface area contributed by atoms with Crippen LogP contribution in [0.5, 0.6) is 0 Å². The smallest absolute Gasteiger partial charge is 0.329 e. The first-order valence-corrected chi connectivity index (χ1v) is 36.6. The number of hydrogen-bond donors (Lipinski definition) is 6. The van der Waals surface area contributed by atoms with Gasteiger partial charge in [-0.15, -0.1) is 10.3 Å². The van der Waals surface area contributed by atoms with Gasteiger partial charge in [-0.25, -0.2) is 14.6 Å². The third-order valence-electron chi connectivity index (χ3n) is 21.2. The van der Waals surface area contributed by atoms with E-state index in [4.69, 9.17) is 18.9 Å². The molecule has 0 saturated carbocycles. The number of esters is 2. The van der Waals surface area contributed by atoms with Crippen molar-refractivity contribution in [3.63, 3.8) is 0 Å². The molecule has 31 heteroatoms. The fourth-order valence-electron chi connectivity index (χ4n) is 15.4. The number of cyclic esters (lactones) is 2. The SMILES string of the molecule is Cc1c2oc3c(C)ccc(C(=O)N[C@@H]4C(=O)N[C@H](C(C)C)C(=O)N5CCC[C@H]5C(=O)N(C)CC(=O)N(C)[C@@H](C(C)C)C(=O)O[C@@H]4C)c3nc-2c(C(=O)N[C@@H]2C(=O)N[C@H](C(C)C)C(=O)N3CCC[C@H]3C(=O)N(C)CC(=O)N(C)[C@@H](C(C)C)C(=O)O[C@@H]2C)c(NCCCNC2CC(C)(C)N([O])C(C)(C)C2)c1=O. The van der Waals surface area contributed by atoms with Gasteiger partial charge in [0.1, 0.15) is 71.8 Å². The maximum Gasteiger partial charge on any atom is 0.329 e. The van der Waals surface area contributed by atoms with Crippen molar-refractivity contribution in [1.29, 1.82) is 0 Å². The summed E-state index contributed by atoms with van der Waals surface area (Å²) in [5.74, 6) is -12.3. The molecule has 31 nitrogen and oxygen atoms in total. The molecule has 0 spiro atoms. The van der Waals surface area contributed by atoms with Crippen LogP contribution in [0, 0.1) is 37.5 Å². The van der Waals surface area contributed by atoms with Gasteiger partial charge in [0.05, 0.1) is 29.9 Å². The number of aryl methyl sites for hydroxylation is 1. The van der Waals surface area contributed by atoms with Gasteiger partial charge in [-0.2, -0.15) is 0 Å². The zero-order chi connectivity index (χ0) is 78.1. The van der Waals surface area contributed by atoms with Crippen LogP contribution < -0.4 is 37.3 Å². The molecule has 1 aromatic carbocycles. The van der Waals surface area contributed by atoms with Crippen molar-refractivity contribution in [3.05, 3.63) is 44.6 Å². The number of hydrogen-bond acceptors (Lipinski definition) is 20. The van der Waals surface area contributed by atoms with E-state index in [1.54, 1.807) is 62.3 Å². The Bertz CT molecular complexity index is 3870. The summed E-state index contributed by atoms with van der Waals surface area (Å²) in [5, 5.41) is 32.1. The molecule has 10 amide bonds. The molecule has 105 heavy (non-hydrogen) atoms. The van der Waals surface area contributed by atoms with Gasteiger partial charge in [-0.3, -0.25) is 52.7 Å². The van der Waals surface area contributed by atoms with E-state index >= 15 is 24.0 Å². The van der Waals surface area contributed by atoms with Crippen molar-refractivity contribution < 1.29 is 76.6 Å². The summed E-state index contributed by atoms with van der Waals surface area (Å²) in [7, 11) is 5.62. The summed E-state index contributed by atoms with van der Waals surface area (Å²) in [6.45, 7) is 26.5. The van der Waals surface area contributed by atoms with Gasteiger partial charge >= 0.3 is 11.9 Å². The number of nitrogens with one attached hydrogen (secondary N) is 6. The highest BCUT2D eigenvalue weighted by atomic mass is 16.6. The van der Waals surface area contributed by atoms with E-state index in [9.17, 15) is 43.6 Å². The normalized spacial score (nSPS) is 26.4. The van der Waals surface area contributed by atoms with Gasteiger partial charge in [-0.05, 0) is 142 Å².